The van der Waals surface area contributed by atoms with E-state index in [0.717, 1.165) is 37.1 Å². The molecule has 1 heterocycles. The van der Waals surface area contributed by atoms with E-state index in [1.165, 1.54) is 5.56 Å². The molecule has 122 valence electrons. The quantitative estimate of drug-likeness (QED) is 0.818. The van der Waals surface area contributed by atoms with Crippen LogP contribution in [0.1, 0.15) is 38.2 Å². The highest BCUT2D eigenvalue weighted by Gasteiger charge is 2.38. The van der Waals surface area contributed by atoms with E-state index in [4.69, 9.17) is 4.74 Å². The molecule has 0 amide bonds. The van der Waals surface area contributed by atoms with E-state index in [0.29, 0.717) is 13.0 Å². The number of anilines is 2. The topological polar surface area (TPSA) is 32.7 Å². The first-order valence-electron chi connectivity index (χ1n) is 8.53. The lowest BCUT2D eigenvalue weighted by atomic mass is 10.1. The molecule has 2 aromatic carbocycles. The number of rotatable bonds is 5. The lowest BCUT2D eigenvalue weighted by Crippen LogP contribution is -2.50. The molecule has 0 spiro atoms. The summed E-state index contributed by atoms with van der Waals surface area (Å²) in [6, 6.07) is 18.4. The van der Waals surface area contributed by atoms with Crippen LogP contribution in [0.2, 0.25) is 0 Å². The molecule has 23 heavy (non-hydrogen) atoms. The SMILES string of the molecule is CCCc1cccc(N(c2ccccc2)C2(O)CCCCO2)c1. The first-order valence-corrected chi connectivity index (χ1v) is 8.53. The smallest absolute Gasteiger partial charge is 0.253 e. The number of benzene rings is 2. The van der Waals surface area contributed by atoms with Gasteiger partial charge in [0.25, 0.3) is 5.91 Å². The molecule has 0 aliphatic carbocycles. The Hall–Kier alpha value is -1.84. The van der Waals surface area contributed by atoms with Crippen molar-refractivity contribution in [1.82, 2.24) is 0 Å². The summed E-state index contributed by atoms with van der Waals surface area (Å²) >= 11 is 0. The molecule has 1 saturated heterocycles. The van der Waals surface area contributed by atoms with Crippen molar-refractivity contribution < 1.29 is 9.84 Å². The summed E-state index contributed by atoms with van der Waals surface area (Å²) in [5, 5.41) is 11.2. The predicted octanol–water partition coefficient (Wildman–Crippen LogP) is 4.62. The first-order chi connectivity index (χ1) is 11.2. The van der Waals surface area contributed by atoms with Gasteiger partial charge < -0.3 is 9.84 Å². The van der Waals surface area contributed by atoms with Crippen molar-refractivity contribution in [2.45, 2.75) is 44.9 Å². The lowest BCUT2D eigenvalue weighted by Gasteiger charge is -2.43. The number of nitrogens with zero attached hydrogens (tertiary/aromatic N) is 1. The van der Waals surface area contributed by atoms with Crippen LogP contribution in [0.25, 0.3) is 0 Å². The molecule has 0 radical (unpaired) electrons. The van der Waals surface area contributed by atoms with Crippen LogP contribution in [0.15, 0.2) is 54.6 Å². The zero-order valence-electron chi connectivity index (χ0n) is 13.7. The summed E-state index contributed by atoms with van der Waals surface area (Å²) in [7, 11) is 0. The molecule has 0 saturated carbocycles. The average Bonchev–Trinajstić information content (AvgIpc) is 2.57. The lowest BCUT2D eigenvalue weighted by molar-refractivity contribution is -0.218. The maximum absolute atomic E-state index is 11.2. The maximum atomic E-state index is 11.2. The Morgan fingerprint density at radius 3 is 2.52 bits per heavy atom. The van der Waals surface area contributed by atoms with Crippen LogP contribution in [0.4, 0.5) is 11.4 Å². The number of aryl methyl sites for hydroxylation is 1. The van der Waals surface area contributed by atoms with Gasteiger partial charge in [-0.25, -0.2) is 0 Å². The van der Waals surface area contributed by atoms with Gasteiger partial charge >= 0.3 is 0 Å². The third-order valence-corrected chi connectivity index (χ3v) is 4.30. The minimum atomic E-state index is -1.27. The van der Waals surface area contributed by atoms with Crippen molar-refractivity contribution >= 4 is 11.4 Å². The number of ether oxygens (including phenoxy) is 1. The zero-order valence-corrected chi connectivity index (χ0v) is 13.7. The van der Waals surface area contributed by atoms with E-state index in [2.05, 4.69) is 25.1 Å². The molecule has 1 atom stereocenters. The summed E-state index contributed by atoms with van der Waals surface area (Å²) in [5.74, 6) is -1.27. The van der Waals surface area contributed by atoms with Gasteiger partial charge in [0.1, 0.15) is 0 Å². The van der Waals surface area contributed by atoms with Gasteiger partial charge in [-0.2, -0.15) is 0 Å². The van der Waals surface area contributed by atoms with Gasteiger partial charge in [0, 0.05) is 17.8 Å². The Morgan fingerprint density at radius 2 is 1.83 bits per heavy atom. The fourth-order valence-electron chi connectivity index (χ4n) is 3.21. The minimum Gasteiger partial charge on any atom is -0.348 e. The van der Waals surface area contributed by atoms with Crippen LogP contribution in [-0.4, -0.2) is 17.6 Å². The van der Waals surface area contributed by atoms with Crippen molar-refractivity contribution in [1.29, 1.82) is 0 Å². The van der Waals surface area contributed by atoms with Gasteiger partial charge in [0.2, 0.25) is 0 Å². The maximum Gasteiger partial charge on any atom is 0.253 e. The van der Waals surface area contributed by atoms with Gasteiger partial charge in [-0.3, -0.25) is 4.90 Å². The average molecular weight is 311 g/mol. The van der Waals surface area contributed by atoms with E-state index in [9.17, 15) is 5.11 Å². The highest BCUT2D eigenvalue weighted by atomic mass is 16.6. The fraction of sp³-hybridized carbons (Fsp3) is 0.400. The van der Waals surface area contributed by atoms with Crippen molar-refractivity contribution in [2.24, 2.45) is 0 Å². The van der Waals surface area contributed by atoms with Crippen molar-refractivity contribution in [2.75, 3.05) is 11.5 Å². The van der Waals surface area contributed by atoms with Gasteiger partial charge in [0.15, 0.2) is 0 Å². The number of hydrogen-bond acceptors (Lipinski definition) is 3. The van der Waals surface area contributed by atoms with E-state index in [1.807, 2.05) is 41.3 Å². The summed E-state index contributed by atoms with van der Waals surface area (Å²) in [4.78, 5) is 1.94. The Morgan fingerprint density at radius 1 is 1.04 bits per heavy atom. The highest BCUT2D eigenvalue weighted by molar-refractivity contribution is 5.65. The van der Waals surface area contributed by atoms with Gasteiger partial charge in [-0.1, -0.05) is 43.7 Å². The standard InChI is InChI=1S/C20H25NO2/c1-2-9-17-10-8-13-19(16-17)21(18-11-4-3-5-12-18)20(22)14-6-7-15-23-20/h3-5,8,10-13,16,22H,2,6-7,9,14-15H2,1H3. The number of para-hydroxylation sites is 1. The van der Waals surface area contributed by atoms with Crippen LogP contribution in [0.3, 0.4) is 0 Å². The molecule has 1 fully saturated rings. The van der Waals surface area contributed by atoms with Crippen molar-refractivity contribution in [3.8, 4) is 0 Å². The predicted molar refractivity (Wildman–Crippen MR) is 93.8 cm³/mol. The summed E-state index contributed by atoms with van der Waals surface area (Å²) in [5.41, 5.74) is 3.21. The second-order valence-corrected chi connectivity index (χ2v) is 6.14. The van der Waals surface area contributed by atoms with E-state index in [1.54, 1.807) is 0 Å². The molecule has 0 aromatic heterocycles. The molecule has 1 aliphatic heterocycles. The molecule has 0 bridgehead atoms. The monoisotopic (exact) mass is 311 g/mol. The van der Waals surface area contributed by atoms with Crippen molar-refractivity contribution in [3.05, 3.63) is 60.2 Å². The normalized spacial score (nSPS) is 21.1. The van der Waals surface area contributed by atoms with E-state index in [-0.39, 0.29) is 0 Å². The Balaban J connectivity index is 2.03. The minimum absolute atomic E-state index is 0.592. The van der Waals surface area contributed by atoms with Crippen LogP contribution in [0.5, 0.6) is 0 Å². The van der Waals surface area contributed by atoms with Crippen LogP contribution >= 0.6 is 0 Å². The third-order valence-electron chi connectivity index (χ3n) is 4.30. The van der Waals surface area contributed by atoms with Crippen LogP contribution < -0.4 is 4.90 Å². The molecule has 1 unspecified atom stereocenters. The second kappa shape index (κ2) is 7.16. The summed E-state index contributed by atoms with van der Waals surface area (Å²) in [6.07, 6.45) is 4.72. The zero-order chi connectivity index (χ0) is 16.1. The van der Waals surface area contributed by atoms with Gasteiger partial charge in [0.05, 0.1) is 6.61 Å². The number of aliphatic hydroxyl groups is 1. The van der Waals surface area contributed by atoms with Crippen LogP contribution in [-0.2, 0) is 11.2 Å². The first kappa shape index (κ1) is 16.0. The molecule has 3 heteroatoms. The Kier molecular flexibility index (Phi) is 4.99. The van der Waals surface area contributed by atoms with Gasteiger partial charge in [-0.05, 0) is 49.1 Å². The van der Waals surface area contributed by atoms with Crippen molar-refractivity contribution in [3.63, 3.8) is 0 Å². The summed E-state index contributed by atoms with van der Waals surface area (Å²) < 4.78 is 5.82. The summed E-state index contributed by atoms with van der Waals surface area (Å²) in [6.45, 7) is 2.77. The molecule has 3 rings (SSSR count). The molecule has 3 nitrogen and oxygen atoms in total. The molecule has 1 N–H and O–H groups in total. The molecule has 1 aliphatic rings. The van der Waals surface area contributed by atoms with Crippen LogP contribution in [0, 0.1) is 0 Å². The Bertz CT molecular complexity index is 621. The third kappa shape index (κ3) is 3.57. The largest absolute Gasteiger partial charge is 0.348 e. The molecular formula is C20H25NO2. The van der Waals surface area contributed by atoms with E-state index < -0.39 is 5.91 Å². The fourth-order valence-corrected chi connectivity index (χ4v) is 3.21. The second-order valence-electron chi connectivity index (χ2n) is 6.14. The molecule has 2 aromatic rings. The number of hydrogen-bond donors (Lipinski definition) is 1. The van der Waals surface area contributed by atoms with E-state index >= 15 is 0 Å². The van der Waals surface area contributed by atoms with Gasteiger partial charge in [-0.15, -0.1) is 0 Å². The molecular weight excluding hydrogens is 286 g/mol. The highest BCUT2D eigenvalue weighted by Crippen LogP contribution is 2.37. The Labute approximate surface area is 138 Å².